The van der Waals surface area contributed by atoms with Gasteiger partial charge < -0.3 is 4.42 Å². The van der Waals surface area contributed by atoms with E-state index in [0.29, 0.717) is 5.15 Å². The van der Waals surface area contributed by atoms with Gasteiger partial charge in [0.25, 0.3) is 0 Å². The lowest BCUT2D eigenvalue weighted by Crippen LogP contribution is -1.71. The van der Waals surface area contributed by atoms with Crippen LogP contribution in [0.2, 0.25) is 5.15 Å². The van der Waals surface area contributed by atoms with E-state index in [-0.39, 0.29) is 0 Å². The van der Waals surface area contributed by atoms with Crippen LogP contribution in [0.3, 0.4) is 0 Å². The zero-order chi connectivity index (χ0) is 7.84. The lowest BCUT2D eigenvalue weighted by molar-refractivity contribution is 0.578. The van der Waals surface area contributed by atoms with Crippen LogP contribution in [0.4, 0.5) is 0 Å². The van der Waals surface area contributed by atoms with Crippen LogP contribution in [0.15, 0.2) is 22.7 Å². The minimum atomic E-state index is 0.499. The summed E-state index contributed by atoms with van der Waals surface area (Å²) in [4.78, 5) is 3.93. The van der Waals surface area contributed by atoms with E-state index in [1.165, 1.54) is 0 Å². The van der Waals surface area contributed by atoms with Gasteiger partial charge in [0.05, 0.1) is 5.39 Å². The highest BCUT2D eigenvalue weighted by Gasteiger charge is 2.03. The maximum absolute atomic E-state index is 5.80. The number of aryl methyl sites for hydroxylation is 1. The molecule has 0 radical (unpaired) electrons. The van der Waals surface area contributed by atoms with Crippen molar-refractivity contribution in [1.29, 1.82) is 0 Å². The van der Waals surface area contributed by atoms with Crippen LogP contribution in [-0.4, -0.2) is 4.98 Å². The van der Waals surface area contributed by atoms with Gasteiger partial charge >= 0.3 is 0 Å². The van der Waals surface area contributed by atoms with Crippen molar-refractivity contribution in [3.63, 3.8) is 0 Å². The first-order chi connectivity index (χ1) is 5.27. The number of fused-ring (bicyclic) bond motifs is 1. The second-order valence-corrected chi connectivity index (χ2v) is 2.73. The second kappa shape index (κ2) is 2.24. The van der Waals surface area contributed by atoms with Crippen molar-refractivity contribution in [3.8, 4) is 0 Å². The molecule has 2 heterocycles. The molecule has 0 atom stereocenters. The minimum Gasteiger partial charge on any atom is -0.461 e. The predicted octanol–water partition coefficient (Wildman–Crippen LogP) is 2.79. The molecule has 2 nitrogen and oxygen atoms in total. The monoisotopic (exact) mass is 167 g/mol. The van der Waals surface area contributed by atoms with E-state index in [4.69, 9.17) is 16.0 Å². The maximum Gasteiger partial charge on any atom is 0.140 e. The summed E-state index contributed by atoms with van der Waals surface area (Å²) in [6.07, 6.45) is 1.63. The van der Waals surface area contributed by atoms with Crippen molar-refractivity contribution in [1.82, 2.24) is 4.98 Å². The van der Waals surface area contributed by atoms with Gasteiger partial charge in [-0.1, -0.05) is 11.6 Å². The number of rotatable bonds is 0. The summed E-state index contributed by atoms with van der Waals surface area (Å²) in [5, 5.41) is 1.38. The fraction of sp³-hybridized carbons (Fsp3) is 0.125. The molecule has 0 amide bonds. The lowest BCUT2D eigenvalue weighted by atomic mass is 10.3. The van der Waals surface area contributed by atoms with Crippen LogP contribution >= 0.6 is 11.6 Å². The van der Waals surface area contributed by atoms with Crippen molar-refractivity contribution < 1.29 is 4.42 Å². The number of aromatic nitrogens is 1. The van der Waals surface area contributed by atoms with Gasteiger partial charge in [0.15, 0.2) is 0 Å². The molecule has 0 saturated carbocycles. The molecule has 0 unspecified atom stereocenters. The zero-order valence-corrected chi connectivity index (χ0v) is 6.72. The summed E-state index contributed by atoms with van der Waals surface area (Å²) in [5.74, 6) is 0.856. The van der Waals surface area contributed by atoms with Gasteiger partial charge in [0.2, 0.25) is 0 Å². The molecule has 56 valence electrons. The highest BCUT2D eigenvalue weighted by Crippen LogP contribution is 2.23. The predicted molar refractivity (Wildman–Crippen MR) is 43.8 cm³/mol. The number of nitrogens with zero attached hydrogens (tertiary/aromatic N) is 1. The summed E-state index contributed by atoms with van der Waals surface area (Å²) >= 11 is 5.80. The molecule has 0 N–H and O–H groups in total. The van der Waals surface area contributed by atoms with Crippen LogP contribution in [0.1, 0.15) is 5.76 Å². The molecule has 0 saturated heterocycles. The summed E-state index contributed by atoms with van der Waals surface area (Å²) in [5.41, 5.74) is 0.794. The van der Waals surface area contributed by atoms with Crippen molar-refractivity contribution in [3.05, 3.63) is 29.2 Å². The van der Waals surface area contributed by atoms with Gasteiger partial charge in [-0.3, -0.25) is 0 Å². The largest absolute Gasteiger partial charge is 0.461 e. The van der Waals surface area contributed by atoms with Crippen LogP contribution in [-0.2, 0) is 0 Å². The van der Waals surface area contributed by atoms with E-state index in [2.05, 4.69) is 4.98 Å². The number of hydrogen-bond donors (Lipinski definition) is 0. The molecule has 0 bridgehead atoms. The molecule has 0 aliphatic heterocycles. The minimum absolute atomic E-state index is 0.499. The summed E-state index contributed by atoms with van der Waals surface area (Å²) < 4.78 is 5.32. The van der Waals surface area contributed by atoms with Gasteiger partial charge in [0.1, 0.15) is 16.5 Å². The van der Waals surface area contributed by atoms with E-state index >= 15 is 0 Å². The quantitative estimate of drug-likeness (QED) is 0.564. The smallest absolute Gasteiger partial charge is 0.140 e. The van der Waals surface area contributed by atoms with Gasteiger partial charge in [-0.15, -0.1) is 0 Å². The first-order valence-corrected chi connectivity index (χ1v) is 3.66. The number of pyridine rings is 1. The first-order valence-electron chi connectivity index (χ1n) is 3.28. The van der Waals surface area contributed by atoms with Gasteiger partial charge in [-0.2, -0.15) is 0 Å². The van der Waals surface area contributed by atoms with Crippen LogP contribution in [0.5, 0.6) is 0 Å². The molecule has 0 aliphatic rings. The topological polar surface area (TPSA) is 26.0 Å². The Kier molecular flexibility index (Phi) is 1.36. The zero-order valence-electron chi connectivity index (χ0n) is 5.97. The van der Waals surface area contributed by atoms with Crippen molar-refractivity contribution >= 4 is 22.6 Å². The third-order valence-electron chi connectivity index (χ3n) is 1.52. The third kappa shape index (κ3) is 0.994. The average Bonchev–Trinajstić information content (AvgIpc) is 2.31. The maximum atomic E-state index is 5.80. The molecule has 0 fully saturated rings. The normalized spacial score (nSPS) is 10.7. The van der Waals surface area contributed by atoms with Crippen molar-refractivity contribution in [2.24, 2.45) is 0 Å². The highest BCUT2D eigenvalue weighted by molar-refractivity contribution is 6.34. The van der Waals surface area contributed by atoms with Gasteiger partial charge in [-0.05, 0) is 19.1 Å². The van der Waals surface area contributed by atoms with E-state index in [1.54, 1.807) is 12.3 Å². The summed E-state index contributed by atoms with van der Waals surface area (Å²) in [6.45, 7) is 1.89. The fourth-order valence-corrected chi connectivity index (χ4v) is 1.26. The standard InChI is InChI=1S/C8H6ClNO/c1-5-4-6-7(11-5)2-3-10-8(6)9/h2-4H,1H3. The Bertz CT molecular complexity index is 394. The number of halogens is 1. The van der Waals surface area contributed by atoms with E-state index in [9.17, 15) is 0 Å². The van der Waals surface area contributed by atoms with E-state index < -0.39 is 0 Å². The van der Waals surface area contributed by atoms with E-state index in [1.807, 2.05) is 13.0 Å². The molecule has 3 heteroatoms. The highest BCUT2D eigenvalue weighted by atomic mass is 35.5. The SMILES string of the molecule is Cc1cc2c(Cl)nccc2o1. The molecule has 2 aromatic heterocycles. The molecular formula is C8H6ClNO. The van der Waals surface area contributed by atoms with Gasteiger partial charge in [0, 0.05) is 6.20 Å². The average molecular weight is 168 g/mol. The Morgan fingerprint density at radius 2 is 2.36 bits per heavy atom. The number of furan rings is 1. The fourth-order valence-electron chi connectivity index (χ4n) is 1.06. The summed E-state index contributed by atoms with van der Waals surface area (Å²) in [6, 6.07) is 3.68. The molecule has 2 rings (SSSR count). The third-order valence-corrected chi connectivity index (χ3v) is 1.82. The Hall–Kier alpha value is -1.02. The van der Waals surface area contributed by atoms with Crippen LogP contribution in [0.25, 0.3) is 11.0 Å². The Morgan fingerprint density at radius 3 is 3.09 bits per heavy atom. The van der Waals surface area contributed by atoms with Crippen molar-refractivity contribution in [2.45, 2.75) is 6.92 Å². The van der Waals surface area contributed by atoms with Crippen LogP contribution in [0, 0.1) is 6.92 Å². The molecule has 0 spiro atoms. The first kappa shape index (κ1) is 6.68. The lowest BCUT2D eigenvalue weighted by Gasteiger charge is -1.87. The Morgan fingerprint density at radius 1 is 1.55 bits per heavy atom. The molecule has 2 aromatic rings. The second-order valence-electron chi connectivity index (χ2n) is 2.37. The molecule has 0 aliphatic carbocycles. The summed E-state index contributed by atoms with van der Waals surface area (Å²) in [7, 11) is 0. The molecular weight excluding hydrogens is 162 g/mol. The van der Waals surface area contributed by atoms with E-state index in [0.717, 1.165) is 16.7 Å². The van der Waals surface area contributed by atoms with Crippen LogP contribution < -0.4 is 0 Å². The van der Waals surface area contributed by atoms with Gasteiger partial charge in [-0.25, -0.2) is 4.98 Å². The number of hydrogen-bond acceptors (Lipinski definition) is 2. The molecule has 11 heavy (non-hydrogen) atoms. The Balaban J connectivity index is 2.90. The molecule has 0 aromatic carbocycles. The Labute approximate surface area is 68.8 Å². The van der Waals surface area contributed by atoms with Crippen molar-refractivity contribution in [2.75, 3.05) is 0 Å².